The zero-order chi connectivity index (χ0) is 17.7. The van der Waals surface area contributed by atoms with Crippen LogP contribution in [0.3, 0.4) is 0 Å². The predicted molar refractivity (Wildman–Crippen MR) is 94.6 cm³/mol. The number of halogens is 2. The van der Waals surface area contributed by atoms with Crippen molar-refractivity contribution >= 4 is 23.2 Å². The lowest BCUT2D eigenvalue weighted by atomic mass is 10.1. The maximum atomic E-state index is 8.94. The third-order valence-electron chi connectivity index (χ3n) is 3.37. The Bertz CT molecular complexity index is 762. The molecule has 24 heavy (non-hydrogen) atoms. The van der Waals surface area contributed by atoms with Gasteiger partial charge in [-0.1, -0.05) is 23.2 Å². The van der Waals surface area contributed by atoms with Crippen LogP contribution in [-0.4, -0.2) is 20.3 Å². The lowest BCUT2D eigenvalue weighted by Crippen LogP contribution is -2.10. The molecule has 4 nitrogen and oxygen atoms in total. The van der Waals surface area contributed by atoms with Crippen molar-refractivity contribution in [2.75, 3.05) is 20.3 Å². The first-order valence-corrected chi connectivity index (χ1v) is 8.01. The highest BCUT2D eigenvalue weighted by atomic mass is 35.5. The molecule has 0 aromatic heterocycles. The molecule has 0 spiro atoms. The largest absolute Gasteiger partial charge is 0.493 e. The monoisotopic (exact) mass is 365 g/mol. The minimum atomic E-state index is 0.280. The molecule has 0 aliphatic carbocycles. The second kappa shape index (κ2) is 8.14. The highest BCUT2D eigenvalue weighted by Gasteiger charge is 2.12. The van der Waals surface area contributed by atoms with Gasteiger partial charge in [-0.15, -0.1) is 0 Å². The van der Waals surface area contributed by atoms with Gasteiger partial charge in [0.2, 0.25) is 0 Å². The van der Waals surface area contributed by atoms with Gasteiger partial charge in [-0.3, -0.25) is 0 Å². The molecule has 2 aromatic rings. The summed E-state index contributed by atoms with van der Waals surface area (Å²) in [6.45, 7) is 4.48. The number of hydrogen-bond acceptors (Lipinski definition) is 4. The number of rotatable bonds is 6. The molecule has 0 N–H and O–H groups in total. The number of hydrogen-bond donors (Lipinski definition) is 0. The smallest absolute Gasteiger partial charge is 0.179 e. The lowest BCUT2D eigenvalue weighted by Gasteiger charge is -2.14. The number of nitrogens with zero attached hydrogens (tertiary/aromatic N) is 1. The molecule has 0 unspecified atom stereocenters. The normalized spacial score (nSPS) is 10.2. The van der Waals surface area contributed by atoms with E-state index >= 15 is 0 Å². The summed E-state index contributed by atoms with van der Waals surface area (Å²) >= 11 is 12.3. The Morgan fingerprint density at radius 1 is 1.00 bits per heavy atom. The Morgan fingerprint density at radius 2 is 1.62 bits per heavy atom. The maximum absolute atomic E-state index is 8.94. The number of aryl methyl sites for hydroxylation is 2. The van der Waals surface area contributed by atoms with Crippen LogP contribution in [0, 0.1) is 25.2 Å². The molecule has 0 aliphatic rings. The Hall–Kier alpha value is -2.09. The first-order chi connectivity index (χ1) is 11.5. The standard InChI is InChI=1S/C18H17Cl2NO3/c1-11-6-14(7-12(2)17(11)20)23-4-5-24-18-15(19)8-13(10-21)9-16(18)22-3/h6-9H,4-5H2,1-3H3. The molecule has 0 amide bonds. The van der Waals surface area contributed by atoms with Crippen LogP contribution in [0.15, 0.2) is 24.3 Å². The molecule has 0 saturated carbocycles. The summed E-state index contributed by atoms with van der Waals surface area (Å²) < 4.78 is 16.5. The van der Waals surface area contributed by atoms with Gasteiger partial charge in [0, 0.05) is 11.1 Å². The summed E-state index contributed by atoms with van der Waals surface area (Å²) in [5.74, 6) is 1.54. The van der Waals surface area contributed by atoms with Gasteiger partial charge in [-0.2, -0.15) is 5.26 Å². The van der Waals surface area contributed by atoms with Crippen molar-refractivity contribution < 1.29 is 14.2 Å². The van der Waals surface area contributed by atoms with Crippen molar-refractivity contribution in [2.24, 2.45) is 0 Å². The molecule has 6 heteroatoms. The van der Waals surface area contributed by atoms with E-state index in [4.69, 9.17) is 42.7 Å². The van der Waals surface area contributed by atoms with Gasteiger partial charge >= 0.3 is 0 Å². The van der Waals surface area contributed by atoms with Gasteiger partial charge in [0.25, 0.3) is 0 Å². The van der Waals surface area contributed by atoms with Crippen LogP contribution in [0.4, 0.5) is 0 Å². The zero-order valence-corrected chi connectivity index (χ0v) is 15.2. The topological polar surface area (TPSA) is 51.5 Å². The Labute approximate surface area is 151 Å². The van der Waals surface area contributed by atoms with Gasteiger partial charge < -0.3 is 14.2 Å². The molecular weight excluding hydrogens is 349 g/mol. The summed E-state index contributed by atoms with van der Waals surface area (Å²) in [5.41, 5.74) is 2.33. The van der Waals surface area contributed by atoms with Crippen LogP contribution < -0.4 is 14.2 Å². The highest BCUT2D eigenvalue weighted by Crippen LogP contribution is 2.36. The van der Waals surface area contributed by atoms with E-state index in [1.165, 1.54) is 13.2 Å². The van der Waals surface area contributed by atoms with Gasteiger partial charge in [0.15, 0.2) is 11.5 Å². The molecule has 0 bridgehead atoms. The number of ether oxygens (including phenoxy) is 3. The Kier molecular flexibility index (Phi) is 6.19. The van der Waals surface area contributed by atoms with E-state index in [1.807, 2.05) is 32.0 Å². The molecule has 2 aromatic carbocycles. The minimum Gasteiger partial charge on any atom is -0.493 e. The van der Waals surface area contributed by atoms with Crippen molar-refractivity contribution in [3.05, 3.63) is 51.0 Å². The summed E-state index contributed by atoms with van der Waals surface area (Å²) in [6.07, 6.45) is 0. The van der Waals surface area contributed by atoms with Crippen molar-refractivity contribution in [2.45, 2.75) is 13.8 Å². The molecule has 0 radical (unpaired) electrons. The van der Waals surface area contributed by atoms with Crippen molar-refractivity contribution in [1.82, 2.24) is 0 Å². The fraction of sp³-hybridized carbons (Fsp3) is 0.278. The van der Waals surface area contributed by atoms with Crippen LogP contribution in [0.5, 0.6) is 17.2 Å². The molecule has 0 fully saturated rings. The second-order valence-electron chi connectivity index (χ2n) is 5.17. The number of nitriles is 1. The van der Waals surface area contributed by atoms with Gasteiger partial charge in [0.05, 0.1) is 23.8 Å². The van der Waals surface area contributed by atoms with Crippen LogP contribution >= 0.6 is 23.2 Å². The van der Waals surface area contributed by atoms with Crippen molar-refractivity contribution in [3.8, 4) is 23.3 Å². The average Bonchev–Trinajstić information content (AvgIpc) is 2.56. The summed E-state index contributed by atoms with van der Waals surface area (Å²) in [7, 11) is 1.50. The van der Waals surface area contributed by atoms with Crippen LogP contribution in [0.1, 0.15) is 16.7 Å². The number of benzene rings is 2. The third kappa shape index (κ3) is 4.25. The average molecular weight is 366 g/mol. The van der Waals surface area contributed by atoms with Crippen molar-refractivity contribution in [1.29, 1.82) is 5.26 Å². The maximum Gasteiger partial charge on any atom is 0.179 e. The van der Waals surface area contributed by atoms with Gasteiger partial charge in [-0.05, 0) is 43.2 Å². The van der Waals surface area contributed by atoms with Gasteiger partial charge in [0.1, 0.15) is 19.0 Å². The molecule has 0 aliphatic heterocycles. The third-order valence-corrected chi connectivity index (χ3v) is 4.24. The molecule has 126 valence electrons. The Morgan fingerprint density at radius 3 is 2.21 bits per heavy atom. The van der Waals surface area contributed by atoms with Crippen LogP contribution in [-0.2, 0) is 0 Å². The fourth-order valence-electron chi connectivity index (χ4n) is 2.22. The van der Waals surface area contributed by atoms with Crippen LogP contribution in [0.25, 0.3) is 0 Å². The number of methoxy groups -OCH3 is 1. The summed E-state index contributed by atoms with van der Waals surface area (Å²) in [4.78, 5) is 0. The van der Waals surface area contributed by atoms with Crippen molar-refractivity contribution in [3.63, 3.8) is 0 Å². The predicted octanol–water partition coefficient (Wildman–Crippen LogP) is 4.95. The molecule has 0 saturated heterocycles. The van der Waals surface area contributed by atoms with E-state index < -0.39 is 0 Å². The summed E-state index contributed by atoms with van der Waals surface area (Å²) in [5, 5.41) is 10.0. The first-order valence-electron chi connectivity index (χ1n) is 7.26. The van der Waals surface area contributed by atoms with E-state index in [0.717, 1.165) is 21.9 Å². The van der Waals surface area contributed by atoms with Crippen LogP contribution in [0.2, 0.25) is 10.0 Å². The van der Waals surface area contributed by atoms with Gasteiger partial charge in [-0.25, -0.2) is 0 Å². The quantitative estimate of drug-likeness (QED) is 0.679. The fourth-order valence-corrected chi connectivity index (χ4v) is 2.59. The molecule has 0 heterocycles. The highest BCUT2D eigenvalue weighted by molar-refractivity contribution is 6.32. The van der Waals surface area contributed by atoms with E-state index in [-0.39, 0.29) is 6.61 Å². The minimum absolute atomic E-state index is 0.280. The van der Waals surface area contributed by atoms with E-state index in [0.29, 0.717) is 28.7 Å². The SMILES string of the molecule is COc1cc(C#N)cc(Cl)c1OCCOc1cc(C)c(Cl)c(C)c1. The first kappa shape index (κ1) is 18.3. The van der Waals surface area contributed by atoms with E-state index in [2.05, 4.69) is 0 Å². The Balaban J connectivity index is 1.99. The molecular formula is C18H17Cl2NO3. The van der Waals surface area contributed by atoms with E-state index in [9.17, 15) is 0 Å². The lowest BCUT2D eigenvalue weighted by molar-refractivity contribution is 0.211. The van der Waals surface area contributed by atoms with E-state index in [1.54, 1.807) is 6.07 Å². The summed E-state index contributed by atoms with van der Waals surface area (Å²) in [6, 6.07) is 8.89. The zero-order valence-electron chi connectivity index (χ0n) is 13.7. The molecule has 2 rings (SSSR count). The molecule has 0 atom stereocenters. The second-order valence-corrected chi connectivity index (χ2v) is 5.95.